The molecule has 0 saturated carbocycles. The van der Waals surface area contributed by atoms with Crippen LogP contribution >= 0.6 is 0 Å². The third-order valence-corrected chi connectivity index (χ3v) is 7.84. The maximum absolute atomic E-state index is 4.70. The third kappa shape index (κ3) is 5.08. The SMILES string of the molecule is CC1C=C(C(C)(C)C)C=CC1c1ccc(-c2nnc(-c3ccc(-c4ccccc4)cc3)n2-c2ccccc2)cc1. The highest BCUT2D eigenvalue weighted by Gasteiger charge is 2.24. The second-order valence-electron chi connectivity index (χ2n) is 11.7. The van der Waals surface area contributed by atoms with Gasteiger partial charge in [-0.05, 0) is 45.7 Å². The maximum atomic E-state index is 4.70. The van der Waals surface area contributed by atoms with Crippen LogP contribution in [-0.2, 0) is 0 Å². The Bertz CT molecular complexity index is 1650. The van der Waals surface area contributed by atoms with Crippen LogP contribution < -0.4 is 0 Å². The third-order valence-electron chi connectivity index (χ3n) is 7.84. The fourth-order valence-corrected chi connectivity index (χ4v) is 5.52. The molecule has 0 saturated heterocycles. The van der Waals surface area contributed by atoms with Gasteiger partial charge in [0.25, 0.3) is 0 Å². The van der Waals surface area contributed by atoms with Gasteiger partial charge in [0.1, 0.15) is 0 Å². The van der Waals surface area contributed by atoms with E-state index in [9.17, 15) is 0 Å². The van der Waals surface area contributed by atoms with Gasteiger partial charge in [0.15, 0.2) is 11.6 Å². The van der Waals surface area contributed by atoms with Crippen molar-refractivity contribution >= 4 is 0 Å². The van der Waals surface area contributed by atoms with E-state index in [-0.39, 0.29) is 5.41 Å². The molecule has 40 heavy (non-hydrogen) atoms. The van der Waals surface area contributed by atoms with E-state index < -0.39 is 0 Å². The minimum absolute atomic E-state index is 0.167. The minimum atomic E-state index is 0.167. The van der Waals surface area contributed by atoms with Gasteiger partial charge >= 0.3 is 0 Å². The Morgan fingerprint density at radius 3 is 1.65 bits per heavy atom. The number of rotatable bonds is 5. The molecule has 2 unspecified atom stereocenters. The quantitative estimate of drug-likeness (QED) is 0.230. The van der Waals surface area contributed by atoms with Crippen LogP contribution in [0.2, 0.25) is 0 Å². The lowest BCUT2D eigenvalue weighted by Gasteiger charge is -2.29. The van der Waals surface area contributed by atoms with Crippen molar-refractivity contribution in [2.24, 2.45) is 11.3 Å². The molecule has 1 aromatic heterocycles. The molecule has 0 radical (unpaired) electrons. The molecule has 1 aliphatic carbocycles. The van der Waals surface area contributed by atoms with E-state index in [1.807, 2.05) is 12.1 Å². The molecule has 3 heteroatoms. The maximum Gasteiger partial charge on any atom is 0.168 e. The molecule has 1 aliphatic rings. The van der Waals surface area contributed by atoms with Crippen LogP contribution in [0.1, 0.15) is 39.2 Å². The van der Waals surface area contributed by atoms with E-state index in [1.165, 1.54) is 22.3 Å². The molecule has 5 aromatic rings. The smallest absolute Gasteiger partial charge is 0.168 e. The van der Waals surface area contributed by atoms with Crippen molar-refractivity contribution in [3.63, 3.8) is 0 Å². The van der Waals surface area contributed by atoms with Gasteiger partial charge in [-0.1, -0.05) is 143 Å². The highest BCUT2D eigenvalue weighted by molar-refractivity contribution is 5.71. The summed E-state index contributed by atoms with van der Waals surface area (Å²) in [4.78, 5) is 0. The fraction of sp³-hybridized carbons (Fsp3) is 0.189. The molecule has 0 fully saturated rings. The lowest BCUT2D eigenvalue weighted by atomic mass is 9.76. The van der Waals surface area contributed by atoms with Gasteiger partial charge in [0.05, 0.1) is 0 Å². The predicted octanol–water partition coefficient (Wildman–Crippen LogP) is 9.53. The van der Waals surface area contributed by atoms with E-state index >= 15 is 0 Å². The topological polar surface area (TPSA) is 30.7 Å². The Labute approximate surface area is 237 Å². The molecular formula is C37H35N3. The number of hydrogen-bond donors (Lipinski definition) is 0. The zero-order chi connectivity index (χ0) is 27.7. The summed E-state index contributed by atoms with van der Waals surface area (Å²) in [5.74, 6) is 2.48. The number of para-hydroxylation sites is 1. The molecule has 2 atom stereocenters. The van der Waals surface area contributed by atoms with Crippen molar-refractivity contribution < 1.29 is 0 Å². The van der Waals surface area contributed by atoms with Gasteiger partial charge in [-0.25, -0.2) is 0 Å². The van der Waals surface area contributed by atoms with Crippen LogP contribution in [0.15, 0.2) is 133 Å². The normalized spacial score (nSPS) is 17.1. The second-order valence-corrected chi connectivity index (χ2v) is 11.7. The summed E-state index contributed by atoms with van der Waals surface area (Å²) in [5.41, 5.74) is 8.39. The first kappa shape index (κ1) is 25.8. The number of allylic oxidation sites excluding steroid dienone is 4. The zero-order valence-corrected chi connectivity index (χ0v) is 23.6. The molecule has 0 N–H and O–H groups in total. The fourth-order valence-electron chi connectivity index (χ4n) is 5.52. The van der Waals surface area contributed by atoms with E-state index in [0.717, 1.165) is 28.5 Å². The van der Waals surface area contributed by atoms with Gasteiger partial charge in [0, 0.05) is 22.7 Å². The Morgan fingerprint density at radius 1 is 0.600 bits per heavy atom. The summed E-state index contributed by atoms with van der Waals surface area (Å²) in [6.07, 6.45) is 7.10. The predicted molar refractivity (Wildman–Crippen MR) is 166 cm³/mol. The van der Waals surface area contributed by atoms with Gasteiger partial charge in [0.2, 0.25) is 0 Å². The summed E-state index contributed by atoms with van der Waals surface area (Å²) in [6.45, 7) is 9.15. The van der Waals surface area contributed by atoms with E-state index in [4.69, 9.17) is 10.2 Å². The Balaban J connectivity index is 1.34. The number of hydrogen-bond acceptors (Lipinski definition) is 2. The number of benzene rings is 4. The monoisotopic (exact) mass is 521 g/mol. The summed E-state index contributed by atoms with van der Waals surface area (Å²) in [6, 6.07) is 38.2. The van der Waals surface area contributed by atoms with Crippen molar-refractivity contribution in [2.75, 3.05) is 0 Å². The average molecular weight is 522 g/mol. The Hall–Kier alpha value is -4.50. The highest BCUT2D eigenvalue weighted by atomic mass is 15.3. The zero-order valence-electron chi connectivity index (χ0n) is 23.6. The lowest BCUT2D eigenvalue weighted by molar-refractivity contribution is 0.496. The molecule has 198 valence electrons. The van der Waals surface area contributed by atoms with Crippen LogP contribution in [0.3, 0.4) is 0 Å². The van der Waals surface area contributed by atoms with Crippen LogP contribution in [0, 0.1) is 11.3 Å². The van der Waals surface area contributed by atoms with Gasteiger partial charge in [-0.15, -0.1) is 10.2 Å². The number of aromatic nitrogens is 3. The first-order valence-electron chi connectivity index (χ1n) is 14.1. The van der Waals surface area contributed by atoms with Gasteiger partial charge in [-0.3, -0.25) is 4.57 Å². The Morgan fingerprint density at radius 2 is 1.10 bits per heavy atom. The van der Waals surface area contributed by atoms with E-state index in [1.54, 1.807) is 0 Å². The molecule has 3 nitrogen and oxygen atoms in total. The molecule has 1 heterocycles. The van der Waals surface area contributed by atoms with Crippen molar-refractivity contribution in [1.82, 2.24) is 14.8 Å². The van der Waals surface area contributed by atoms with Crippen LogP contribution in [0.25, 0.3) is 39.6 Å². The van der Waals surface area contributed by atoms with Crippen LogP contribution in [-0.4, -0.2) is 14.8 Å². The summed E-state index contributed by atoms with van der Waals surface area (Å²) in [5, 5.41) is 9.39. The molecule has 0 aliphatic heterocycles. The van der Waals surface area contributed by atoms with Crippen molar-refractivity contribution in [3.05, 3.63) is 139 Å². The van der Waals surface area contributed by atoms with Gasteiger partial charge in [-0.2, -0.15) is 0 Å². The van der Waals surface area contributed by atoms with E-state index in [0.29, 0.717) is 11.8 Å². The van der Waals surface area contributed by atoms with E-state index in [2.05, 4.69) is 148 Å². The van der Waals surface area contributed by atoms with Crippen LogP contribution in [0.5, 0.6) is 0 Å². The number of nitrogens with zero attached hydrogens (tertiary/aromatic N) is 3. The standard InChI is InChI=1S/C37H35N3/c1-26-25-32(37(2,3)4)23-24-34(26)29-17-21-31(22-18-29)36-39-38-35(40(36)33-13-9-6-10-14-33)30-19-15-28(16-20-30)27-11-7-5-8-12-27/h5-26,34H,1-4H3. The van der Waals surface area contributed by atoms with Crippen molar-refractivity contribution in [2.45, 2.75) is 33.6 Å². The molecule has 4 aromatic carbocycles. The van der Waals surface area contributed by atoms with Crippen LogP contribution in [0.4, 0.5) is 0 Å². The first-order valence-corrected chi connectivity index (χ1v) is 14.1. The largest absolute Gasteiger partial charge is 0.275 e. The van der Waals surface area contributed by atoms with Crippen molar-refractivity contribution in [1.29, 1.82) is 0 Å². The molecular weight excluding hydrogens is 486 g/mol. The van der Waals surface area contributed by atoms with Gasteiger partial charge < -0.3 is 0 Å². The molecule has 0 amide bonds. The van der Waals surface area contributed by atoms with Crippen molar-refractivity contribution in [3.8, 4) is 39.6 Å². The average Bonchev–Trinajstić information content (AvgIpc) is 3.43. The molecule has 6 rings (SSSR count). The summed E-state index contributed by atoms with van der Waals surface area (Å²) < 4.78 is 2.16. The summed E-state index contributed by atoms with van der Waals surface area (Å²) in [7, 11) is 0. The summed E-state index contributed by atoms with van der Waals surface area (Å²) >= 11 is 0. The highest BCUT2D eigenvalue weighted by Crippen LogP contribution is 2.38. The Kier molecular flexibility index (Phi) is 6.81. The first-order chi connectivity index (χ1) is 19.4. The molecule has 0 bridgehead atoms. The minimum Gasteiger partial charge on any atom is -0.275 e. The lowest BCUT2D eigenvalue weighted by Crippen LogP contribution is -2.16. The second kappa shape index (κ2) is 10.6. The molecule has 0 spiro atoms.